The van der Waals surface area contributed by atoms with E-state index in [-0.39, 0.29) is 11.1 Å². The van der Waals surface area contributed by atoms with Crippen molar-refractivity contribution in [2.24, 2.45) is 0 Å². The van der Waals surface area contributed by atoms with Crippen LogP contribution >= 0.6 is 15.9 Å². The zero-order valence-corrected chi connectivity index (χ0v) is 15.8. The molecule has 146 valence electrons. The molecule has 0 aliphatic heterocycles. The average molecular weight is 451 g/mol. The van der Waals surface area contributed by atoms with Gasteiger partial charge in [-0.05, 0) is 60.2 Å². The third-order valence-corrected chi connectivity index (χ3v) is 4.50. The van der Waals surface area contributed by atoms with Gasteiger partial charge in [-0.25, -0.2) is 0 Å². The smallest absolute Gasteiger partial charge is 0.166 e. The van der Waals surface area contributed by atoms with E-state index in [4.69, 9.17) is 0 Å². The van der Waals surface area contributed by atoms with Crippen LogP contribution in [-0.4, -0.2) is 5.33 Å². The highest BCUT2D eigenvalue weighted by Crippen LogP contribution is 2.35. The second-order valence-corrected chi connectivity index (χ2v) is 6.75. The molecule has 0 heterocycles. The number of halogens is 7. The lowest BCUT2D eigenvalue weighted by Crippen LogP contribution is -2.06. The highest BCUT2D eigenvalue weighted by atomic mass is 79.9. The number of allylic oxidation sites excluding steroid dienone is 1. The van der Waals surface area contributed by atoms with E-state index in [1.54, 1.807) is 6.08 Å². The maximum Gasteiger partial charge on any atom is 0.416 e. The Bertz CT molecular complexity index is 730. The van der Waals surface area contributed by atoms with Crippen molar-refractivity contribution < 1.29 is 26.3 Å². The minimum absolute atomic E-state index is 0.239. The minimum atomic E-state index is -4.52. The van der Waals surface area contributed by atoms with E-state index >= 15 is 0 Å². The van der Waals surface area contributed by atoms with Crippen LogP contribution in [0, 0.1) is 0 Å². The van der Waals surface area contributed by atoms with Crippen LogP contribution in [0.2, 0.25) is 0 Å². The number of benzene rings is 2. The van der Waals surface area contributed by atoms with Crippen molar-refractivity contribution in [1.82, 2.24) is 0 Å². The third-order valence-electron chi connectivity index (χ3n) is 3.94. The van der Waals surface area contributed by atoms with Crippen LogP contribution in [0.15, 0.2) is 54.6 Å². The molecule has 0 bridgehead atoms. The van der Waals surface area contributed by atoms with Crippen LogP contribution in [0.1, 0.15) is 41.5 Å². The van der Waals surface area contributed by atoms with Gasteiger partial charge in [0.05, 0.1) is 11.1 Å². The van der Waals surface area contributed by atoms with Crippen molar-refractivity contribution >= 4 is 21.5 Å². The molecular formula is C20H17BrF6. The maximum absolute atomic E-state index is 13.0. The van der Waals surface area contributed by atoms with Gasteiger partial charge in [-0.1, -0.05) is 46.3 Å². The molecule has 0 radical (unpaired) electrons. The molecule has 7 heteroatoms. The van der Waals surface area contributed by atoms with Gasteiger partial charge >= 0.3 is 12.4 Å². The van der Waals surface area contributed by atoms with Gasteiger partial charge < -0.3 is 0 Å². The number of hydrogen-bond acceptors (Lipinski definition) is 0. The summed E-state index contributed by atoms with van der Waals surface area (Å²) in [5.74, 6) is 0. The lowest BCUT2D eigenvalue weighted by atomic mass is 9.93. The van der Waals surface area contributed by atoms with E-state index < -0.39 is 23.5 Å². The van der Waals surface area contributed by atoms with Gasteiger partial charge in [0.2, 0.25) is 0 Å². The summed E-state index contributed by atoms with van der Waals surface area (Å²) < 4.78 is 78.2. The van der Waals surface area contributed by atoms with Gasteiger partial charge in [0.25, 0.3) is 0 Å². The molecule has 0 atom stereocenters. The molecule has 0 saturated carbocycles. The lowest BCUT2D eigenvalue weighted by molar-refractivity contribution is -0.138. The molecule has 2 rings (SSSR count). The van der Waals surface area contributed by atoms with Crippen LogP contribution in [0.3, 0.4) is 0 Å². The third kappa shape index (κ3) is 6.13. The summed E-state index contributed by atoms with van der Waals surface area (Å²) in [5, 5.41) is 0.781. The maximum atomic E-state index is 13.0. The van der Waals surface area contributed by atoms with Crippen LogP contribution in [0.25, 0.3) is 5.57 Å². The van der Waals surface area contributed by atoms with Crippen LogP contribution in [-0.2, 0) is 12.4 Å². The quantitative estimate of drug-likeness (QED) is 0.240. The van der Waals surface area contributed by atoms with Crippen molar-refractivity contribution in [2.75, 3.05) is 5.33 Å². The van der Waals surface area contributed by atoms with Crippen LogP contribution in [0.4, 0.5) is 26.3 Å². The highest BCUT2D eigenvalue weighted by molar-refractivity contribution is 9.09. The molecule has 0 nitrogen and oxygen atoms in total. The Morgan fingerprint density at radius 1 is 0.778 bits per heavy atom. The fraction of sp³-hybridized carbons (Fsp3) is 0.300. The molecule has 0 aromatic heterocycles. The molecule has 0 aliphatic rings. The number of hydrogen-bond donors (Lipinski definition) is 0. The molecule has 0 aliphatic carbocycles. The van der Waals surface area contributed by atoms with E-state index in [0.29, 0.717) is 12.0 Å². The van der Waals surface area contributed by atoms with Gasteiger partial charge in [0.1, 0.15) is 0 Å². The average Bonchev–Trinajstić information content (AvgIpc) is 2.60. The van der Waals surface area contributed by atoms with Gasteiger partial charge in [-0.3, -0.25) is 0 Å². The summed E-state index contributed by atoms with van der Waals surface area (Å²) in [6.07, 6.45) is -5.17. The fourth-order valence-corrected chi connectivity index (χ4v) is 3.01. The predicted molar refractivity (Wildman–Crippen MR) is 97.6 cm³/mol. The normalized spacial score (nSPS) is 12.1. The van der Waals surface area contributed by atoms with Crippen molar-refractivity contribution in [3.05, 3.63) is 76.9 Å². The summed E-state index contributed by atoms with van der Waals surface area (Å²) >= 11 is 3.30. The van der Waals surface area contributed by atoms with Crippen molar-refractivity contribution in [2.45, 2.75) is 31.6 Å². The Morgan fingerprint density at radius 3 is 1.67 bits per heavy atom. The summed E-state index contributed by atoms with van der Waals surface area (Å²) in [6.45, 7) is 0. The standard InChI is InChI=1S/C20H17BrF6/c21-11-3-1-2-10-18(14-6-4-8-16(12-14)19(22,23)24)15-7-5-9-17(13-15)20(25,26)27/h4-10,12-13H,1-3,11H2. The van der Waals surface area contributed by atoms with Gasteiger partial charge in [-0.15, -0.1) is 0 Å². The molecule has 0 spiro atoms. The molecule has 0 saturated heterocycles. The second kappa shape index (κ2) is 8.95. The molecule has 0 amide bonds. The second-order valence-electron chi connectivity index (χ2n) is 5.96. The summed E-state index contributed by atoms with van der Waals surface area (Å²) in [4.78, 5) is 0. The van der Waals surface area contributed by atoms with Gasteiger partial charge in [-0.2, -0.15) is 26.3 Å². The summed E-state index contributed by atoms with van der Waals surface area (Å²) in [7, 11) is 0. The Balaban J connectivity index is 2.50. The zero-order valence-electron chi connectivity index (χ0n) is 14.2. The van der Waals surface area contributed by atoms with E-state index in [2.05, 4.69) is 15.9 Å². The van der Waals surface area contributed by atoms with E-state index in [1.165, 1.54) is 24.3 Å². The van der Waals surface area contributed by atoms with Gasteiger partial charge in [0.15, 0.2) is 0 Å². The highest BCUT2D eigenvalue weighted by Gasteiger charge is 2.32. The molecule has 27 heavy (non-hydrogen) atoms. The van der Waals surface area contributed by atoms with Crippen molar-refractivity contribution in [3.63, 3.8) is 0 Å². The molecule has 2 aromatic rings. The van der Waals surface area contributed by atoms with Gasteiger partial charge in [0, 0.05) is 5.33 Å². The van der Waals surface area contributed by atoms with Crippen LogP contribution < -0.4 is 0 Å². The SMILES string of the molecule is FC(F)(F)c1cccc(C(=CCCCCBr)c2cccc(C(F)(F)F)c2)c1. The lowest BCUT2D eigenvalue weighted by Gasteiger charge is -2.14. The fourth-order valence-electron chi connectivity index (χ4n) is 2.61. The minimum Gasteiger partial charge on any atom is -0.166 e. The largest absolute Gasteiger partial charge is 0.416 e. The van der Waals surface area contributed by atoms with Crippen molar-refractivity contribution in [1.29, 1.82) is 0 Å². The first-order valence-electron chi connectivity index (χ1n) is 8.24. The molecule has 2 aromatic carbocycles. The Kier molecular flexibility index (Phi) is 7.14. The van der Waals surface area contributed by atoms with Crippen molar-refractivity contribution in [3.8, 4) is 0 Å². The van der Waals surface area contributed by atoms with E-state index in [1.807, 2.05) is 0 Å². The number of unbranched alkanes of at least 4 members (excludes halogenated alkanes) is 2. The van der Waals surface area contributed by atoms with E-state index in [9.17, 15) is 26.3 Å². The first kappa shape index (κ1) is 21.5. The number of alkyl halides is 7. The molecule has 0 N–H and O–H groups in total. The predicted octanol–water partition coefficient (Wildman–Crippen LogP) is 7.72. The first-order chi connectivity index (χ1) is 12.6. The Hall–Kier alpha value is -1.76. The topological polar surface area (TPSA) is 0 Å². The van der Waals surface area contributed by atoms with E-state index in [0.717, 1.165) is 42.4 Å². The molecular weight excluding hydrogens is 434 g/mol. The van der Waals surface area contributed by atoms with Crippen LogP contribution in [0.5, 0.6) is 0 Å². The monoisotopic (exact) mass is 450 g/mol. The number of rotatable bonds is 6. The Labute approximate surface area is 162 Å². The molecule has 0 unspecified atom stereocenters. The molecule has 0 fully saturated rings. The Morgan fingerprint density at radius 2 is 1.26 bits per heavy atom. The zero-order chi connectivity index (χ0) is 20.1. The first-order valence-corrected chi connectivity index (χ1v) is 9.36. The summed E-state index contributed by atoms with van der Waals surface area (Å²) in [5.41, 5.74) is -0.829. The summed E-state index contributed by atoms with van der Waals surface area (Å²) in [6, 6.07) is 9.30.